The summed E-state index contributed by atoms with van der Waals surface area (Å²) >= 11 is 0. The summed E-state index contributed by atoms with van der Waals surface area (Å²) in [6.45, 7) is 5.02. The van der Waals surface area contributed by atoms with E-state index in [9.17, 15) is 0 Å². The second-order valence-corrected chi connectivity index (χ2v) is 5.75. The fraction of sp³-hybridized carbons (Fsp3) is 0.625. The highest BCUT2D eigenvalue weighted by Gasteiger charge is 2.21. The minimum absolute atomic E-state index is 0.704. The Morgan fingerprint density at radius 2 is 2.00 bits per heavy atom. The van der Waals surface area contributed by atoms with Gasteiger partial charge in [0.05, 0.1) is 12.3 Å². The zero-order valence-corrected chi connectivity index (χ0v) is 12.9. The lowest BCUT2D eigenvalue weighted by Gasteiger charge is -2.36. The highest BCUT2D eigenvalue weighted by molar-refractivity contribution is 5.62. The molecule has 1 saturated heterocycles. The number of benzene rings is 1. The summed E-state index contributed by atoms with van der Waals surface area (Å²) in [6, 6.07) is 6.85. The molecule has 20 heavy (non-hydrogen) atoms. The van der Waals surface area contributed by atoms with Gasteiger partial charge in [0, 0.05) is 30.9 Å². The monoisotopic (exact) mass is 277 g/mol. The van der Waals surface area contributed by atoms with Gasteiger partial charge < -0.3 is 20.3 Å². The van der Waals surface area contributed by atoms with E-state index in [0.717, 1.165) is 37.6 Å². The van der Waals surface area contributed by atoms with Crippen molar-refractivity contribution in [2.24, 2.45) is 0 Å². The van der Waals surface area contributed by atoms with Crippen LogP contribution in [0.2, 0.25) is 0 Å². The van der Waals surface area contributed by atoms with Crippen LogP contribution >= 0.6 is 0 Å². The third kappa shape index (κ3) is 3.57. The van der Waals surface area contributed by atoms with E-state index in [0.29, 0.717) is 6.04 Å². The Kier molecular flexibility index (Phi) is 5.12. The number of nitrogens with two attached hydrogens (primary N) is 1. The number of piperidine rings is 1. The Labute approximate surface area is 122 Å². The van der Waals surface area contributed by atoms with E-state index < -0.39 is 0 Å². The van der Waals surface area contributed by atoms with E-state index in [2.05, 4.69) is 43.0 Å². The molecule has 1 aromatic rings. The summed E-state index contributed by atoms with van der Waals surface area (Å²) < 4.78 is 5.72. The van der Waals surface area contributed by atoms with Crippen molar-refractivity contribution in [2.45, 2.75) is 32.2 Å². The van der Waals surface area contributed by atoms with Crippen LogP contribution in [0.1, 0.15) is 26.2 Å². The second-order valence-electron chi connectivity index (χ2n) is 5.75. The van der Waals surface area contributed by atoms with Crippen LogP contribution in [0.5, 0.6) is 5.75 Å². The Morgan fingerprint density at radius 3 is 2.60 bits per heavy atom. The molecule has 1 aromatic carbocycles. The van der Waals surface area contributed by atoms with Crippen LogP contribution in [-0.4, -0.2) is 44.7 Å². The maximum atomic E-state index is 5.97. The lowest BCUT2D eigenvalue weighted by atomic mass is 10.0. The summed E-state index contributed by atoms with van der Waals surface area (Å²) in [6.07, 6.45) is 3.42. The van der Waals surface area contributed by atoms with Gasteiger partial charge in [0.15, 0.2) is 0 Å². The van der Waals surface area contributed by atoms with Crippen LogP contribution in [0.25, 0.3) is 0 Å². The third-order valence-corrected chi connectivity index (χ3v) is 4.02. The van der Waals surface area contributed by atoms with Crippen molar-refractivity contribution in [1.29, 1.82) is 0 Å². The SMILES string of the molecule is CCCOc1cc(N2CCC(N(C)C)CC2)ccc1N. The maximum Gasteiger partial charge on any atom is 0.144 e. The van der Waals surface area contributed by atoms with Crippen LogP contribution in [0, 0.1) is 0 Å². The van der Waals surface area contributed by atoms with Crippen molar-refractivity contribution in [3.05, 3.63) is 18.2 Å². The molecule has 0 radical (unpaired) electrons. The van der Waals surface area contributed by atoms with Crippen molar-refractivity contribution in [3.63, 3.8) is 0 Å². The summed E-state index contributed by atoms with van der Waals surface area (Å²) in [7, 11) is 4.33. The third-order valence-electron chi connectivity index (χ3n) is 4.02. The zero-order chi connectivity index (χ0) is 14.5. The van der Waals surface area contributed by atoms with Gasteiger partial charge in [0.1, 0.15) is 5.75 Å². The fourth-order valence-corrected chi connectivity index (χ4v) is 2.70. The first-order chi connectivity index (χ1) is 9.61. The van der Waals surface area contributed by atoms with Crippen LogP contribution in [-0.2, 0) is 0 Å². The predicted molar refractivity (Wildman–Crippen MR) is 85.6 cm³/mol. The molecule has 1 aliphatic heterocycles. The molecule has 4 heteroatoms. The maximum absolute atomic E-state index is 5.97. The largest absolute Gasteiger partial charge is 0.491 e. The number of rotatable bonds is 5. The smallest absolute Gasteiger partial charge is 0.144 e. The normalized spacial score (nSPS) is 16.7. The molecule has 0 bridgehead atoms. The van der Waals surface area contributed by atoms with E-state index in [1.807, 2.05) is 6.07 Å². The average Bonchev–Trinajstić information content (AvgIpc) is 2.46. The second kappa shape index (κ2) is 6.84. The number of nitrogens with zero attached hydrogens (tertiary/aromatic N) is 2. The van der Waals surface area contributed by atoms with Gasteiger partial charge in [-0.3, -0.25) is 0 Å². The molecule has 4 nitrogen and oxygen atoms in total. The highest BCUT2D eigenvalue weighted by Crippen LogP contribution is 2.30. The predicted octanol–water partition coefficient (Wildman–Crippen LogP) is 2.59. The number of anilines is 2. The average molecular weight is 277 g/mol. The van der Waals surface area contributed by atoms with E-state index >= 15 is 0 Å². The molecule has 0 aliphatic carbocycles. The van der Waals surface area contributed by atoms with Crippen LogP contribution in [0.3, 0.4) is 0 Å². The van der Waals surface area contributed by atoms with Crippen LogP contribution < -0.4 is 15.4 Å². The molecule has 0 amide bonds. The Balaban J connectivity index is 2.02. The summed E-state index contributed by atoms with van der Waals surface area (Å²) in [5, 5.41) is 0. The van der Waals surface area contributed by atoms with E-state index in [1.54, 1.807) is 0 Å². The lowest BCUT2D eigenvalue weighted by Crippen LogP contribution is -2.41. The quantitative estimate of drug-likeness (QED) is 0.840. The van der Waals surface area contributed by atoms with Gasteiger partial charge in [-0.15, -0.1) is 0 Å². The van der Waals surface area contributed by atoms with Gasteiger partial charge in [0.25, 0.3) is 0 Å². The molecule has 2 rings (SSSR count). The number of ether oxygens (including phenoxy) is 1. The van der Waals surface area contributed by atoms with Crippen molar-refractivity contribution < 1.29 is 4.74 Å². The molecular formula is C16H27N3O. The topological polar surface area (TPSA) is 41.7 Å². The molecule has 112 valence electrons. The zero-order valence-electron chi connectivity index (χ0n) is 12.9. The molecule has 1 heterocycles. The first kappa shape index (κ1) is 15.0. The lowest BCUT2D eigenvalue weighted by molar-refractivity contribution is 0.249. The highest BCUT2D eigenvalue weighted by atomic mass is 16.5. The summed E-state index contributed by atoms with van der Waals surface area (Å²) in [4.78, 5) is 4.76. The number of hydrogen-bond acceptors (Lipinski definition) is 4. The van der Waals surface area contributed by atoms with Crippen molar-refractivity contribution in [3.8, 4) is 5.75 Å². The molecule has 1 fully saturated rings. The molecule has 0 unspecified atom stereocenters. The fourth-order valence-electron chi connectivity index (χ4n) is 2.70. The van der Waals surface area contributed by atoms with Crippen LogP contribution in [0.15, 0.2) is 18.2 Å². The van der Waals surface area contributed by atoms with E-state index in [-0.39, 0.29) is 0 Å². The van der Waals surface area contributed by atoms with Crippen LogP contribution in [0.4, 0.5) is 11.4 Å². The van der Waals surface area contributed by atoms with E-state index in [1.165, 1.54) is 18.5 Å². The summed E-state index contributed by atoms with van der Waals surface area (Å²) in [5.74, 6) is 0.819. The number of hydrogen-bond donors (Lipinski definition) is 1. The standard InChI is InChI=1S/C16H27N3O/c1-4-11-20-16-12-14(5-6-15(16)17)19-9-7-13(8-10-19)18(2)3/h5-6,12-13H,4,7-11,17H2,1-3H3. The van der Waals surface area contributed by atoms with Crippen molar-refractivity contribution >= 4 is 11.4 Å². The van der Waals surface area contributed by atoms with Gasteiger partial charge in [-0.1, -0.05) is 6.92 Å². The minimum Gasteiger partial charge on any atom is -0.491 e. The molecule has 0 aromatic heterocycles. The van der Waals surface area contributed by atoms with Crippen molar-refractivity contribution in [2.75, 3.05) is 44.4 Å². The van der Waals surface area contributed by atoms with Gasteiger partial charge in [-0.05, 0) is 45.5 Å². The van der Waals surface area contributed by atoms with Gasteiger partial charge in [-0.2, -0.15) is 0 Å². The molecule has 2 N–H and O–H groups in total. The van der Waals surface area contributed by atoms with Gasteiger partial charge in [0.2, 0.25) is 0 Å². The molecular weight excluding hydrogens is 250 g/mol. The first-order valence-corrected chi connectivity index (χ1v) is 7.55. The molecule has 1 aliphatic rings. The van der Waals surface area contributed by atoms with Gasteiger partial charge >= 0.3 is 0 Å². The van der Waals surface area contributed by atoms with Gasteiger partial charge in [-0.25, -0.2) is 0 Å². The molecule has 0 atom stereocenters. The Bertz CT molecular complexity index is 426. The number of nitrogen functional groups attached to an aromatic ring is 1. The Morgan fingerprint density at radius 1 is 1.30 bits per heavy atom. The van der Waals surface area contributed by atoms with Crippen molar-refractivity contribution in [1.82, 2.24) is 4.90 Å². The Hall–Kier alpha value is -1.42. The molecule has 0 spiro atoms. The summed E-state index contributed by atoms with van der Waals surface area (Å²) in [5.41, 5.74) is 7.92. The first-order valence-electron chi connectivity index (χ1n) is 7.55. The van der Waals surface area contributed by atoms with E-state index in [4.69, 9.17) is 10.5 Å². The molecule has 0 saturated carbocycles. The minimum atomic E-state index is 0.704.